The maximum Gasteiger partial charge on any atom is 0.0305 e. The molecule has 0 aliphatic heterocycles. The summed E-state index contributed by atoms with van der Waals surface area (Å²) in [6.07, 6.45) is 6.55. The summed E-state index contributed by atoms with van der Waals surface area (Å²) >= 11 is 0. The molecule has 0 spiro atoms. The lowest BCUT2D eigenvalue weighted by Gasteiger charge is -2.22. The largest absolute Gasteiger partial charge is 0.314 e. The third-order valence-electron chi connectivity index (χ3n) is 4.00. The predicted octanol–water partition coefficient (Wildman–Crippen LogP) is 2.88. The Hall–Kier alpha value is -0.890. The van der Waals surface area contributed by atoms with Crippen LogP contribution >= 0.6 is 0 Å². The topological polar surface area (TPSA) is 24.9 Å². The molecule has 16 heavy (non-hydrogen) atoms. The maximum atomic E-state index is 4.28. The second-order valence-corrected chi connectivity index (χ2v) is 4.94. The van der Waals surface area contributed by atoms with Crippen LogP contribution < -0.4 is 5.32 Å². The Labute approximate surface area is 98.5 Å². The van der Waals surface area contributed by atoms with Gasteiger partial charge in [0.25, 0.3) is 0 Å². The van der Waals surface area contributed by atoms with Gasteiger partial charge < -0.3 is 5.32 Å². The van der Waals surface area contributed by atoms with Crippen LogP contribution in [0, 0.1) is 12.8 Å². The van der Waals surface area contributed by atoms with E-state index in [4.69, 9.17) is 0 Å². The van der Waals surface area contributed by atoms with Gasteiger partial charge in [0.2, 0.25) is 0 Å². The summed E-state index contributed by atoms with van der Waals surface area (Å²) in [5.74, 6) is 1.42. The van der Waals surface area contributed by atoms with Gasteiger partial charge in [0.1, 0.15) is 0 Å². The Morgan fingerprint density at radius 1 is 1.44 bits per heavy atom. The molecule has 0 amide bonds. The van der Waals surface area contributed by atoms with Crippen LogP contribution in [0.3, 0.4) is 0 Å². The van der Waals surface area contributed by atoms with Crippen molar-refractivity contribution in [3.8, 4) is 0 Å². The molecule has 3 atom stereocenters. The summed E-state index contributed by atoms with van der Waals surface area (Å²) in [5.41, 5.74) is 2.85. The lowest BCUT2D eigenvalue weighted by molar-refractivity contribution is 0.411. The Morgan fingerprint density at radius 3 is 2.94 bits per heavy atom. The normalized spacial score (nSPS) is 29.6. The Balaban J connectivity index is 2.15. The number of nitrogens with one attached hydrogen (secondary N) is 1. The average Bonchev–Trinajstić information content (AvgIpc) is 2.62. The van der Waals surface area contributed by atoms with E-state index in [0.717, 1.165) is 12.5 Å². The van der Waals surface area contributed by atoms with Crippen molar-refractivity contribution >= 4 is 0 Å². The Bertz CT molecular complexity index is 348. The minimum atomic E-state index is 0.689. The van der Waals surface area contributed by atoms with E-state index in [0.29, 0.717) is 12.0 Å². The van der Waals surface area contributed by atoms with Gasteiger partial charge in [-0.05, 0) is 55.3 Å². The van der Waals surface area contributed by atoms with Crippen molar-refractivity contribution in [2.75, 3.05) is 6.54 Å². The van der Waals surface area contributed by atoms with Gasteiger partial charge in [-0.1, -0.05) is 13.8 Å². The summed E-state index contributed by atoms with van der Waals surface area (Å²) < 4.78 is 0. The zero-order valence-electron chi connectivity index (χ0n) is 10.5. The van der Waals surface area contributed by atoms with Crippen LogP contribution in [0.25, 0.3) is 0 Å². The average molecular weight is 218 g/mol. The molecule has 0 saturated heterocycles. The Morgan fingerprint density at radius 2 is 2.25 bits per heavy atom. The lowest BCUT2D eigenvalue weighted by atomic mass is 9.87. The molecule has 2 heteroatoms. The van der Waals surface area contributed by atoms with E-state index in [-0.39, 0.29) is 0 Å². The van der Waals surface area contributed by atoms with E-state index >= 15 is 0 Å². The van der Waals surface area contributed by atoms with Gasteiger partial charge >= 0.3 is 0 Å². The third-order valence-corrected chi connectivity index (χ3v) is 4.00. The van der Waals surface area contributed by atoms with Crippen molar-refractivity contribution in [2.45, 2.75) is 45.6 Å². The summed E-state index contributed by atoms with van der Waals surface area (Å²) in [6, 6.07) is 2.82. The van der Waals surface area contributed by atoms with Gasteiger partial charge in [-0.25, -0.2) is 0 Å². The number of rotatable bonds is 3. The van der Waals surface area contributed by atoms with Crippen molar-refractivity contribution in [3.63, 3.8) is 0 Å². The zero-order valence-corrected chi connectivity index (χ0v) is 10.5. The van der Waals surface area contributed by atoms with Gasteiger partial charge in [0.05, 0.1) is 0 Å². The minimum absolute atomic E-state index is 0.689. The van der Waals surface area contributed by atoms with Crippen LogP contribution in [-0.4, -0.2) is 17.6 Å². The van der Waals surface area contributed by atoms with E-state index < -0.39 is 0 Å². The molecule has 1 aliphatic carbocycles. The highest BCUT2D eigenvalue weighted by Crippen LogP contribution is 2.40. The van der Waals surface area contributed by atoms with E-state index in [2.05, 4.69) is 43.3 Å². The molecule has 0 aromatic carbocycles. The second kappa shape index (κ2) is 4.96. The van der Waals surface area contributed by atoms with Crippen molar-refractivity contribution in [1.29, 1.82) is 0 Å². The molecule has 0 radical (unpaired) electrons. The molecule has 1 aromatic rings. The molecule has 1 aromatic heterocycles. The molecule has 2 nitrogen and oxygen atoms in total. The fourth-order valence-corrected chi connectivity index (χ4v) is 3.02. The minimum Gasteiger partial charge on any atom is -0.314 e. The summed E-state index contributed by atoms with van der Waals surface area (Å²) in [6.45, 7) is 7.84. The summed E-state index contributed by atoms with van der Waals surface area (Å²) in [7, 11) is 0. The monoisotopic (exact) mass is 218 g/mol. The van der Waals surface area contributed by atoms with Crippen LogP contribution in [0.4, 0.5) is 0 Å². The van der Waals surface area contributed by atoms with Crippen LogP contribution in [-0.2, 0) is 0 Å². The smallest absolute Gasteiger partial charge is 0.0305 e. The summed E-state index contributed by atoms with van der Waals surface area (Å²) in [4.78, 5) is 4.28. The van der Waals surface area contributed by atoms with E-state index in [9.17, 15) is 0 Å². The number of pyridine rings is 1. The van der Waals surface area contributed by atoms with Gasteiger partial charge in [-0.2, -0.15) is 0 Å². The first-order chi connectivity index (χ1) is 7.74. The first-order valence-electron chi connectivity index (χ1n) is 6.38. The molecule has 1 heterocycles. The highest BCUT2D eigenvalue weighted by Gasteiger charge is 2.33. The highest BCUT2D eigenvalue weighted by molar-refractivity contribution is 5.27. The van der Waals surface area contributed by atoms with Crippen molar-refractivity contribution < 1.29 is 0 Å². The number of hydrogen-bond donors (Lipinski definition) is 1. The molecule has 1 N–H and O–H groups in total. The third kappa shape index (κ3) is 2.12. The molecule has 1 saturated carbocycles. The van der Waals surface area contributed by atoms with Crippen LogP contribution in [0.15, 0.2) is 18.5 Å². The molecule has 88 valence electrons. The predicted molar refractivity (Wildman–Crippen MR) is 67.6 cm³/mol. The van der Waals surface area contributed by atoms with Crippen molar-refractivity contribution in [2.24, 2.45) is 5.92 Å². The van der Waals surface area contributed by atoms with E-state index in [1.807, 2.05) is 6.20 Å². The second-order valence-electron chi connectivity index (χ2n) is 4.94. The van der Waals surface area contributed by atoms with Crippen LogP contribution in [0.2, 0.25) is 0 Å². The molecule has 0 bridgehead atoms. The maximum absolute atomic E-state index is 4.28. The molecule has 1 fully saturated rings. The summed E-state index contributed by atoms with van der Waals surface area (Å²) in [5, 5.41) is 3.59. The fourth-order valence-electron chi connectivity index (χ4n) is 3.02. The molecule has 1 aliphatic rings. The van der Waals surface area contributed by atoms with Crippen molar-refractivity contribution in [1.82, 2.24) is 10.3 Å². The number of nitrogens with zero attached hydrogens (tertiary/aromatic N) is 1. The molecular formula is C14H22N2. The highest BCUT2D eigenvalue weighted by atomic mass is 14.9. The van der Waals surface area contributed by atoms with Gasteiger partial charge in [-0.3, -0.25) is 4.98 Å². The number of hydrogen-bond acceptors (Lipinski definition) is 2. The zero-order chi connectivity index (χ0) is 11.5. The molecule has 2 rings (SSSR count). The fraction of sp³-hybridized carbons (Fsp3) is 0.643. The SMILES string of the molecule is CCNC1CCC(c2cnccc2C)C1C. The molecule has 3 unspecified atom stereocenters. The standard InChI is InChI=1S/C14H22N2/c1-4-16-14-6-5-12(11(14)3)13-9-15-8-7-10(13)2/h7-9,11-12,14,16H,4-6H2,1-3H3. The molecular weight excluding hydrogens is 196 g/mol. The first-order valence-corrected chi connectivity index (χ1v) is 6.38. The number of aryl methyl sites for hydroxylation is 1. The van der Waals surface area contributed by atoms with E-state index in [1.165, 1.54) is 24.0 Å². The lowest BCUT2D eigenvalue weighted by Crippen LogP contribution is -2.32. The first kappa shape index (κ1) is 11.6. The number of aromatic nitrogens is 1. The Kier molecular flexibility index (Phi) is 3.59. The van der Waals surface area contributed by atoms with Crippen molar-refractivity contribution in [3.05, 3.63) is 29.6 Å². The van der Waals surface area contributed by atoms with Gasteiger partial charge in [-0.15, -0.1) is 0 Å². The van der Waals surface area contributed by atoms with Gasteiger partial charge in [0.15, 0.2) is 0 Å². The van der Waals surface area contributed by atoms with Crippen LogP contribution in [0.5, 0.6) is 0 Å². The van der Waals surface area contributed by atoms with E-state index in [1.54, 1.807) is 0 Å². The van der Waals surface area contributed by atoms with Gasteiger partial charge in [0, 0.05) is 18.4 Å². The van der Waals surface area contributed by atoms with Crippen LogP contribution in [0.1, 0.15) is 43.7 Å². The quantitative estimate of drug-likeness (QED) is 0.844.